The lowest BCUT2D eigenvalue weighted by atomic mass is 10.2. The molecule has 0 radical (unpaired) electrons. The monoisotopic (exact) mass is 280 g/mol. The van der Waals surface area contributed by atoms with Gasteiger partial charge in [-0.3, -0.25) is 4.68 Å². The van der Waals surface area contributed by atoms with Crippen LogP contribution in [0.5, 0.6) is 5.75 Å². The summed E-state index contributed by atoms with van der Waals surface area (Å²) >= 11 is 3.49. The molecule has 0 atom stereocenters. The average molecular weight is 281 g/mol. The fraction of sp³-hybridized carbons (Fsp3) is 0.250. The Balaban J connectivity index is 1.99. The van der Waals surface area contributed by atoms with Crippen LogP contribution in [0.4, 0.5) is 0 Å². The number of halogens is 1. The van der Waals surface area contributed by atoms with Crippen LogP contribution in [0.3, 0.4) is 0 Å². The van der Waals surface area contributed by atoms with E-state index in [4.69, 9.17) is 4.74 Å². The van der Waals surface area contributed by atoms with Crippen molar-refractivity contribution in [2.24, 2.45) is 0 Å². The molecule has 0 amide bonds. The van der Waals surface area contributed by atoms with E-state index in [2.05, 4.69) is 21.0 Å². The van der Waals surface area contributed by atoms with Gasteiger partial charge in [-0.2, -0.15) is 5.10 Å². The molecular weight excluding hydrogens is 268 g/mol. The van der Waals surface area contributed by atoms with E-state index in [1.54, 1.807) is 6.20 Å². The molecule has 0 spiro atoms. The van der Waals surface area contributed by atoms with Crippen molar-refractivity contribution in [1.82, 2.24) is 9.78 Å². The number of aromatic nitrogens is 2. The van der Waals surface area contributed by atoms with Crippen LogP contribution in [-0.2, 0) is 13.2 Å². The van der Waals surface area contributed by atoms with Gasteiger partial charge in [0.15, 0.2) is 5.75 Å². The van der Waals surface area contributed by atoms with Crippen LogP contribution in [-0.4, -0.2) is 9.78 Å². The summed E-state index contributed by atoms with van der Waals surface area (Å²) in [6.07, 6.45) is 3.64. The fourth-order valence-electron chi connectivity index (χ4n) is 1.37. The average Bonchev–Trinajstić information content (AvgIpc) is 2.76. The second kappa shape index (κ2) is 5.16. The van der Waals surface area contributed by atoms with Crippen LogP contribution in [0.2, 0.25) is 0 Å². The Hall–Kier alpha value is -1.29. The first kappa shape index (κ1) is 11.2. The third-order valence-corrected chi connectivity index (χ3v) is 3.06. The highest BCUT2D eigenvalue weighted by molar-refractivity contribution is 9.10. The van der Waals surface area contributed by atoms with Gasteiger partial charge in [0.1, 0.15) is 6.61 Å². The van der Waals surface area contributed by atoms with Gasteiger partial charge in [0.25, 0.3) is 0 Å². The zero-order chi connectivity index (χ0) is 11.4. The minimum Gasteiger partial charge on any atom is -0.486 e. The van der Waals surface area contributed by atoms with Gasteiger partial charge in [0.05, 0.1) is 12.4 Å². The smallest absolute Gasteiger partial charge is 0.157 e. The molecule has 0 saturated heterocycles. The fourth-order valence-corrected chi connectivity index (χ4v) is 1.77. The Morgan fingerprint density at radius 3 is 2.88 bits per heavy atom. The minimum atomic E-state index is 0.552. The lowest BCUT2D eigenvalue weighted by molar-refractivity contribution is 0.305. The van der Waals surface area contributed by atoms with Gasteiger partial charge in [-0.25, -0.2) is 0 Å². The van der Waals surface area contributed by atoms with Crippen molar-refractivity contribution in [3.05, 3.63) is 46.7 Å². The first-order chi connectivity index (χ1) is 7.79. The molecule has 1 aromatic carbocycles. The molecule has 1 aromatic heterocycles. The predicted octanol–water partition coefficient (Wildman–Crippen LogP) is 3.24. The Morgan fingerprint density at radius 2 is 2.19 bits per heavy atom. The molecular formula is C12H13BrN2O. The van der Waals surface area contributed by atoms with Gasteiger partial charge in [-0.15, -0.1) is 0 Å². The van der Waals surface area contributed by atoms with Gasteiger partial charge in [0.2, 0.25) is 0 Å². The van der Waals surface area contributed by atoms with Gasteiger partial charge >= 0.3 is 0 Å². The van der Waals surface area contributed by atoms with Crippen molar-refractivity contribution in [2.45, 2.75) is 20.1 Å². The van der Waals surface area contributed by atoms with Crippen LogP contribution in [0.1, 0.15) is 12.5 Å². The zero-order valence-electron chi connectivity index (χ0n) is 9.06. The molecule has 0 fully saturated rings. The molecule has 0 unspecified atom stereocenters. The molecule has 1 heterocycles. The van der Waals surface area contributed by atoms with Gasteiger partial charge in [-0.1, -0.05) is 34.1 Å². The van der Waals surface area contributed by atoms with E-state index in [0.29, 0.717) is 6.61 Å². The van der Waals surface area contributed by atoms with Crippen LogP contribution < -0.4 is 4.74 Å². The number of rotatable bonds is 4. The number of hydrogen-bond acceptors (Lipinski definition) is 2. The van der Waals surface area contributed by atoms with Crippen LogP contribution in [0, 0.1) is 0 Å². The zero-order valence-corrected chi connectivity index (χ0v) is 10.6. The summed E-state index contributed by atoms with van der Waals surface area (Å²) in [5.74, 6) is 0.803. The summed E-state index contributed by atoms with van der Waals surface area (Å²) in [6.45, 7) is 3.46. The molecule has 16 heavy (non-hydrogen) atoms. The van der Waals surface area contributed by atoms with E-state index in [0.717, 1.165) is 22.3 Å². The van der Waals surface area contributed by atoms with Crippen molar-refractivity contribution in [2.75, 3.05) is 0 Å². The summed E-state index contributed by atoms with van der Waals surface area (Å²) in [7, 11) is 0. The number of nitrogens with zero attached hydrogens (tertiary/aromatic N) is 2. The molecule has 0 N–H and O–H groups in total. The highest BCUT2D eigenvalue weighted by atomic mass is 79.9. The SMILES string of the molecule is CCn1cc(OCc2ccccc2Br)cn1. The van der Waals surface area contributed by atoms with Gasteiger partial charge in [-0.05, 0) is 13.0 Å². The molecule has 2 rings (SSSR count). The third-order valence-electron chi connectivity index (χ3n) is 2.29. The van der Waals surface area contributed by atoms with Crippen LogP contribution in [0.15, 0.2) is 41.1 Å². The molecule has 0 saturated carbocycles. The molecule has 0 bridgehead atoms. The maximum Gasteiger partial charge on any atom is 0.157 e. The van der Waals surface area contributed by atoms with E-state index in [-0.39, 0.29) is 0 Å². The standard InChI is InChI=1S/C12H13BrN2O/c1-2-15-8-11(7-14-15)16-9-10-5-3-4-6-12(10)13/h3-8H,2,9H2,1H3. The Bertz CT molecular complexity index is 468. The van der Waals surface area contributed by atoms with Crippen molar-refractivity contribution >= 4 is 15.9 Å². The van der Waals surface area contributed by atoms with Gasteiger partial charge in [0, 0.05) is 16.6 Å². The Labute approximate surface area is 103 Å². The van der Waals surface area contributed by atoms with E-state index in [9.17, 15) is 0 Å². The summed E-state index contributed by atoms with van der Waals surface area (Å²) < 4.78 is 8.55. The molecule has 4 heteroatoms. The van der Waals surface area contributed by atoms with Crippen molar-refractivity contribution in [1.29, 1.82) is 0 Å². The second-order valence-corrected chi connectivity index (χ2v) is 4.27. The lowest BCUT2D eigenvalue weighted by Crippen LogP contribution is -1.95. The first-order valence-corrected chi connectivity index (χ1v) is 5.97. The van der Waals surface area contributed by atoms with E-state index in [1.165, 1.54) is 0 Å². The van der Waals surface area contributed by atoms with E-state index in [1.807, 2.05) is 42.1 Å². The quantitative estimate of drug-likeness (QED) is 0.860. The Kier molecular flexibility index (Phi) is 3.62. The van der Waals surface area contributed by atoms with Crippen LogP contribution in [0.25, 0.3) is 0 Å². The molecule has 3 nitrogen and oxygen atoms in total. The normalized spacial score (nSPS) is 10.4. The predicted molar refractivity (Wildman–Crippen MR) is 66.4 cm³/mol. The third kappa shape index (κ3) is 2.64. The highest BCUT2D eigenvalue weighted by Crippen LogP contribution is 2.18. The maximum absolute atomic E-state index is 5.64. The molecule has 0 aliphatic heterocycles. The number of aryl methyl sites for hydroxylation is 1. The van der Waals surface area contributed by atoms with Crippen molar-refractivity contribution in [3.8, 4) is 5.75 Å². The molecule has 0 aliphatic rings. The Morgan fingerprint density at radius 1 is 1.38 bits per heavy atom. The second-order valence-electron chi connectivity index (χ2n) is 3.41. The lowest BCUT2D eigenvalue weighted by Gasteiger charge is -2.05. The summed E-state index contributed by atoms with van der Waals surface area (Å²) in [5.41, 5.74) is 1.13. The topological polar surface area (TPSA) is 27.1 Å². The van der Waals surface area contributed by atoms with Crippen molar-refractivity contribution in [3.63, 3.8) is 0 Å². The highest BCUT2D eigenvalue weighted by Gasteiger charge is 2.01. The summed E-state index contributed by atoms with van der Waals surface area (Å²) in [4.78, 5) is 0. The maximum atomic E-state index is 5.64. The van der Waals surface area contributed by atoms with E-state index < -0.39 is 0 Å². The molecule has 2 aromatic rings. The number of hydrogen-bond donors (Lipinski definition) is 0. The van der Waals surface area contributed by atoms with Crippen LogP contribution >= 0.6 is 15.9 Å². The van der Waals surface area contributed by atoms with E-state index >= 15 is 0 Å². The first-order valence-electron chi connectivity index (χ1n) is 5.18. The largest absolute Gasteiger partial charge is 0.486 e. The summed E-state index contributed by atoms with van der Waals surface area (Å²) in [6, 6.07) is 8.03. The van der Waals surface area contributed by atoms with Gasteiger partial charge < -0.3 is 4.74 Å². The van der Waals surface area contributed by atoms with Crippen molar-refractivity contribution < 1.29 is 4.74 Å². The number of benzene rings is 1. The molecule has 0 aliphatic carbocycles. The number of ether oxygens (including phenoxy) is 1. The molecule has 84 valence electrons. The summed E-state index contributed by atoms with van der Waals surface area (Å²) in [5, 5.41) is 4.15. The minimum absolute atomic E-state index is 0.552.